The first-order valence-electron chi connectivity index (χ1n) is 8.43. The molecule has 2 amide bonds. The molecule has 1 saturated heterocycles. The summed E-state index contributed by atoms with van der Waals surface area (Å²) < 4.78 is 37.0. The third-order valence-corrected chi connectivity index (χ3v) is 4.61. The zero-order valence-electron chi connectivity index (χ0n) is 14.2. The molecule has 2 aromatic carbocycles. The summed E-state index contributed by atoms with van der Waals surface area (Å²) in [6.07, 6.45) is 0.0198. The molecule has 2 aliphatic rings. The van der Waals surface area contributed by atoms with Gasteiger partial charge in [0.15, 0.2) is 23.1 Å². The SMILES string of the molecule is O=C(NCc1ccc2c(c1)OCO2)C1CC(=O)N(c2ccc(F)c(F)c2)C1. The van der Waals surface area contributed by atoms with Crippen molar-refractivity contribution in [2.75, 3.05) is 18.2 Å². The number of nitrogens with one attached hydrogen (secondary N) is 1. The fraction of sp³-hybridized carbons (Fsp3) is 0.263. The Morgan fingerprint density at radius 2 is 1.93 bits per heavy atom. The van der Waals surface area contributed by atoms with Crippen molar-refractivity contribution < 1.29 is 27.8 Å². The minimum absolute atomic E-state index is 0.0198. The molecule has 0 bridgehead atoms. The largest absolute Gasteiger partial charge is 0.454 e. The van der Waals surface area contributed by atoms with E-state index in [1.807, 2.05) is 6.07 Å². The molecule has 140 valence electrons. The zero-order chi connectivity index (χ0) is 19.0. The third-order valence-electron chi connectivity index (χ3n) is 4.61. The second-order valence-corrected chi connectivity index (χ2v) is 6.41. The Kier molecular flexibility index (Phi) is 4.39. The third kappa shape index (κ3) is 3.42. The summed E-state index contributed by atoms with van der Waals surface area (Å²) in [6, 6.07) is 8.62. The lowest BCUT2D eigenvalue weighted by molar-refractivity contribution is -0.126. The van der Waals surface area contributed by atoms with Gasteiger partial charge in [-0.05, 0) is 29.8 Å². The number of rotatable bonds is 4. The molecule has 2 heterocycles. The highest BCUT2D eigenvalue weighted by atomic mass is 19.2. The summed E-state index contributed by atoms with van der Waals surface area (Å²) in [6.45, 7) is 0.581. The lowest BCUT2D eigenvalue weighted by atomic mass is 10.1. The topological polar surface area (TPSA) is 67.9 Å². The van der Waals surface area contributed by atoms with Crippen LogP contribution in [0, 0.1) is 17.6 Å². The summed E-state index contributed by atoms with van der Waals surface area (Å²) in [5.74, 6) is -1.86. The quantitative estimate of drug-likeness (QED) is 0.892. The van der Waals surface area contributed by atoms with Gasteiger partial charge in [-0.2, -0.15) is 0 Å². The van der Waals surface area contributed by atoms with Gasteiger partial charge in [0.25, 0.3) is 0 Å². The molecule has 6 nitrogen and oxygen atoms in total. The lowest BCUT2D eigenvalue weighted by Crippen LogP contribution is -2.32. The molecule has 1 fully saturated rings. The van der Waals surface area contributed by atoms with Gasteiger partial charge < -0.3 is 19.7 Å². The van der Waals surface area contributed by atoms with Gasteiger partial charge in [-0.1, -0.05) is 6.07 Å². The van der Waals surface area contributed by atoms with E-state index in [0.717, 1.165) is 17.7 Å². The van der Waals surface area contributed by atoms with Gasteiger partial charge in [-0.15, -0.1) is 0 Å². The molecule has 4 rings (SSSR count). The van der Waals surface area contributed by atoms with Crippen molar-refractivity contribution >= 4 is 17.5 Å². The molecule has 0 aliphatic carbocycles. The first-order valence-corrected chi connectivity index (χ1v) is 8.43. The number of carbonyl (C=O) groups excluding carboxylic acids is 2. The molecule has 0 spiro atoms. The summed E-state index contributed by atoms with van der Waals surface area (Å²) in [5, 5.41) is 2.80. The minimum Gasteiger partial charge on any atom is -0.454 e. The van der Waals surface area contributed by atoms with Crippen molar-refractivity contribution in [1.82, 2.24) is 5.32 Å². The number of anilines is 1. The van der Waals surface area contributed by atoms with Crippen molar-refractivity contribution in [3.63, 3.8) is 0 Å². The lowest BCUT2D eigenvalue weighted by Gasteiger charge is -2.17. The van der Waals surface area contributed by atoms with Crippen molar-refractivity contribution in [2.45, 2.75) is 13.0 Å². The Morgan fingerprint density at radius 1 is 1.11 bits per heavy atom. The van der Waals surface area contributed by atoms with Crippen LogP contribution < -0.4 is 19.7 Å². The normalized spacial score (nSPS) is 18.1. The number of amides is 2. The van der Waals surface area contributed by atoms with E-state index in [1.165, 1.54) is 11.0 Å². The van der Waals surface area contributed by atoms with E-state index in [1.54, 1.807) is 12.1 Å². The van der Waals surface area contributed by atoms with Crippen LogP contribution in [0.4, 0.5) is 14.5 Å². The predicted octanol–water partition coefficient (Wildman–Crippen LogP) is 2.36. The molecule has 1 N–H and O–H groups in total. The first kappa shape index (κ1) is 17.3. The summed E-state index contributed by atoms with van der Waals surface area (Å²) in [4.78, 5) is 25.9. The molecule has 2 aliphatic heterocycles. The zero-order valence-corrected chi connectivity index (χ0v) is 14.2. The summed E-state index contributed by atoms with van der Waals surface area (Å²) >= 11 is 0. The highest BCUT2D eigenvalue weighted by molar-refractivity contribution is 6.00. The summed E-state index contributed by atoms with van der Waals surface area (Å²) in [5.41, 5.74) is 1.08. The van der Waals surface area contributed by atoms with E-state index in [4.69, 9.17) is 9.47 Å². The molecule has 1 atom stereocenters. The number of fused-ring (bicyclic) bond motifs is 1. The maximum absolute atomic E-state index is 13.4. The number of benzene rings is 2. The van der Waals surface area contributed by atoms with Gasteiger partial charge in [0.05, 0.1) is 5.92 Å². The van der Waals surface area contributed by atoms with Gasteiger partial charge in [0.2, 0.25) is 18.6 Å². The Hall–Kier alpha value is -3.16. The van der Waals surface area contributed by atoms with E-state index < -0.39 is 17.6 Å². The number of carbonyl (C=O) groups is 2. The maximum Gasteiger partial charge on any atom is 0.231 e. The van der Waals surface area contributed by atoms with Crippen LogP contribution in [0.3, 0.4) is 0 Å². The Labute approximate surface area is 153 Å². The van der Waals surface area contributed by atoms with Crippen LogP contribution in [0.1, 0.15) is 12.0 Å². The van der Waals surface area contributed by atoms with E-state index in [0.29, 0.717) is 11.5 Å². The molecule has 0 radical (unpaired) electrons. The smallest absolute Gasteiger partial charge is 0.231 e. The maximum atomic E-state index is 13.4. The number of hydrogen-bond donors (Lipinski definition) is 1. The Balaban J connectivity index is 1.38. The van der Waals surface area contributed by atoms with E-state index in [9.17, 15) is 18.4 Å². The highest BCUT2D eigenvalue weighted by Crippen LogP contribution is 2.32. The van der Waals surface area contributed by atoms with Crippen LogP contribution in [-0.4, -0.2) is 25.2 Å². The Morgan fingerprint density at radius 3 is 2.74 bits per heavy atom. The van der Waals surface area contributed by atoms with Crippen LogP contribution in [0.15, 0.2) is 36.4 Å². The second-order valence-electron chi connectivity index (χ2n) is 6.41. The average Bonchev–Trinajstić information content (AvgIpc) is 3.28. The van der Waals surface area contributed by atoms with Crippen LogP contribution in [0.5, 0.6) is 11.5 Å². The van der Waals surface area contributed by atoms with E-state index in [2.05, 4.69) is 5.32 Å². The molecular weight excluding hydrogens is 358 g/mol. The van der Waals surface area contributed by atoms with Gasteiger partial charge in [-0.3, -0.25) is 9.59 Å². The number of hydrogen-bond acceptors (Lipinski definition) is 4. The minimum atomic E-state index is -1.03. The van der Waals surface area contributed by atoms with E-state index >= 15 is 0 Å². The van der Waals surface area contributed by atoms with Gasteiger partial charge >= 0.3 is 0 Å². The van der Waals surface area contributed by atoms with Crippen molar-refractivity contribution in [1.29, 1.82) is 0 Å². The molecule has 8 heteroatoms. The first-order chi connectivity index (χ1) is 13.0. The molecule has 0 saturated carbocycles. The van der Waals surface area contributed by atoms with Gasteiger partial charge in [0.1, 0.15) is 0 Å². The molecular formula is C19H16F2N2O4. The van der Waals surface area contributed by atoms with Crippen molar-refractivity contribution in [2.24, 2.45) is 5.92 Å². The van der Waals surface area contributed by atoms with Crippen LogP contribution in [0.25, 0.3) is 0 Å². The van der Waals surface area contributed by atoms with Crippen molar-refractivity contribution in [3.05, 3.63) is 53.6 Å². The fourth-order valence-electron chi connectivity index (χ4n) is 3.17. The number of ether oxygens (including phenoxy) is 2. The Bertz CT molecular complexity index is 919. The van der Waals surface area contributed by atoms with Crippen LogP contribution in [-0.2, 0) is 16.1 Å². The van der Waals surface area contributed by atoms with Gasteiger partial charge in [-0.25, -0.2) is 8.78 Å². The predicted molar refractivity (Wildman–Crippen MR) is 91.2 cm³/mol. The van der Waals surface area contributed by atoms with Gasteiger partial charge in [0, 0.05) is 31.3 Å². The number of halogens is 2. The molecule has 27 heavy (non-hydrogen) atoms. The van der Waals surface area contributed by atoms with E-state index in [-0.39, 0.29) is 43.8 Å². The molecule has 1 unspecified atom stereocenters. The van der Waals surface area contributed by atoms with Crippen LogP contribution in [0.2, 0.25) is 0 Å². The van der Waals surface area contributed by atoms with Crippen molar-refractivity contribution in [3.8, 4) is 11.5 Å². The average molecular weight is 374 g/mol. The van der Waals surface area contributed by atoms with Crippen LogP contribution >= 0.6 is 0 Å². The molecule has 2 aromatic rings. The standard InChI is InChI=1S/C19H16F2N2O4/c20-14-3-2-13(7-15(14)21)23-9-12(6-18(23)24)19(25)22-8-11-1-4-16-17(5-11)27-10-26-16/h1-5,7,12H,6,8-10H2,(H,22,25). The summed E-state index contributed by atoms with van der Waals surface area (Å²) in [7, 11) is 0. The molecule has 0 aromatic heterocycles. The second kappa shape index (κ2) is 6.86. The monoisotopic (exact) mass is 374 g/mol. The highest BCUT2D eigenvalue weighted by Gasteiger charge is 2.35. The number of nitrogens with zero attached hydrogens (tertiary/aromatic N) is 1. The fourth-order valence-corrected chi connectivity index (χ4v) is 3.17.